The largest absolute Gasteiger partial charge is 0.418 e. The van der Waals surface area contributed by atoms with Gasteiger partial charge in [0.05, 0.1) is 11.3 Å². The molecule has 7 nitrogen and oxygen atoms in total. The number of para-hydroxylation sites is 1. The Labute approximate surface area is 165 Å². The van der Waals surface area contributed by atoms with Crippen LogP contribution in [0, 0.1) is 0 Å². The highest BCUT2D eigenvalue weighted by Crippen LogP contribution is 2.44. The summed E-state index contributed by atoms with van der Waals surface area (Å²) in [7, 11) is 0. The molecule has 0 spiro atoms. The molecule has 3 aliphatic rings. The van der Waals surface area contributed by atoms with Crippen LogP contribution in [0.2, 0.25) is 0 Å². The van der Waals surface area contributed by atoms with Gasteiger partial charge >= 0.3 is 6.18 Å². The minimum absolute atomic E-state index is 0.366. The van der Waals surface area contributed by atoms with E-state index < -0.39 is 59.9 Å². The normalized spacial score (nSPS) is 35.1. The van der Waals surface area contributed by atoms with E-state index in [1.54, 1.807) is 27.7 Å². The summed E-state index contributed by atoms with van der Waals surface area (Å²) in [5.74, 6) is -2.78. The van der Waals surface area contributed by atoms with Crippen molar-refractivity contribution >= 4 is 11.6 Å². The summed E-state index contributed by atoms with van der Waals surface area (Å²) in [6.07, 6.45) is -8.98. The van der Waals surface area contributed by atoms with Crippen LogP contribution in [0.25, 0.3) is 0 Å². The van der Waals surface area contributed by atoms with E-state index in [2.05, 4.69) is 5.32 Å². The number of benzene rings is 1. The fraction of sp³-hybridized carbons (Fsp3) is 0.632. The molecule has 160 valence electrons. The molecule has 0 aliphatic carbocycles. The van der Waals surface area contributed by atoms with Crippen LogP contribution in [-0.4, -0.2) is 48.2 Å². The molecule has 0 saturated carbocycles. The molecule has 0 bridgehead atoms. The van der Waals surface area contributed by atoms with Gasteiger partial charge in [0.1, 0.15) is 18.3 Å². The molecule has 0 aromatic heterocycles. The summed E-state index contributed by atoms with van der Waals surface area (Å²) in [6, 6.07) is 4.72. The van der Waals surface area contributed by atoms with Gasteiger partial charge in [-0.15, -0.1) is 0 Å². The van der Waals surface area contributed by atoms with E-state index in [0.717, 1.165) is 6.07 Å². The molecular weight excluding hydrogens is 395 g/mol. The first-order valence-corrected chi connectivity index (χ1v) is 9.20. The second-order valence-corrected chi connectivity index (χ2v) is 8.12. The molecule has 1 aromatic rings. The SMILES string of the molecule is CC1(C)O[C@H]2[C@@H](O1)[C@@H](C(=O)Nc1ccccc1C(F)(F)F)O[C@@H]1OC(C)(C)O[C@@H]12. The topological polar surface area (TPSA) is 75.3 Å². The van der Waals surface area contributed by atoms with Gasteiger partial charge in [-0.1, -0.05) is 12.1 Å². The third-order valence-corrected chi connectivity index (χ3v) is 4.90. The molecular formula is C19H22F3NO6. The fourth-order valence-corrected chi connectivity index (χ4v) is 3.87. The van der Waals surface area contributed by atoms with Crippen molar-refractivity contribution in [2.75, 3.05) is 5.32 Å². The van der Waals surface area contributed by atoms with Crippen LogP contribution < -0.4 is 5.32 Å². The van der Waals surface area contributed by atoms with E-state index in [9.17, 15) is 18.0 Å². The third kappa shape index (κ3) is 3.87. The van der Waals surface area contributed by atoms with E-state index in [1.807, 2.05) is 0 Å². The predicted octanol–water partition coefficient (Wildman–Crippen LogP) is 3.04. The number of ether oxygens (including phenoxy) is 5. The predicted molar refractivity (Wildman–Crippen MR) is 92.6 cm³/mol. The van der Waals surface area contributed by atoms with Crippen molar-refractivity contribution in [2.45, 2.75) is 76.2 Å². The van der Waals surface area contributed by atoms with Crippen molar-refractivity contribution in [2.24, 2.45) is 0 Å². The average Bonchev–Trinajstić information content (AvgIpc) is 3.07. The van der Waals surface area contributed by atoms with E-state index >= 15 is 0 Å². The van der Waals surface area contributed by atoms with Gasteiger partial charge in [0.15, 0.2) is 24.0 Å². The maximum Gasteiger partial charge on any atom is 0.418 e. The zero-order chi connectivity index (χ0) is 21.2. The Morgan fingerprint density at radius 3 is 2.21 bits per heavy atom. The molecule has 1 aromatic carbocycles. The monoisotopic (exact) mass is 417 g/mol. The molecule has 1 N–H and O–H groups in total. The van der Waals surface area contributed by atoms with Crippen LogP contribution in [0.1, 0.15) is 33.3 Å². The van der Waals surface area contributed by atoms with Crippen molar-refractivity contribution in [1.29, 1.82) is 0 Å². The number of nitrogens with one attached hydrogen (secondary N) is 1. The number of hydrogen-bond donors (Lipinski definition) is 1. The smallest absolute Gasteiger partial charge is 0.342 e. The van der Waals surface area contributed by atoms with E-state index in [0.29, 0.717) is 0 Å². The van der Waals surface area contributed by atoms with Gasteiger partial charge in [-0.2, -0.15) is 13.2 Å². The van der Waals surface area contributed by atoms with E-state index in [4.69, 9.17) is 23.7 Å². The lowest BCUT2D eigenvalue weighted by atomic mass is 9.98. The fourth-order valence-electron chi connectivity index (χ4n) is 3.87. The summed E-state index contributed by atoms with van der Waals surface area (Å²) in [4.78, 5) is 12.9. The van der Waals surface area contributed by atoms with Gasteiger partial charge in [-0.25, -0.2) is 0 Å². The van der Waals surface area contributed by atoms with Crippen LogP contribution in [0.15, 0.2) is 24.3 Å². The number of halogens is 3. The van der Waals surface area contributed by atoms with Crippen molar-refractivity contribution in [3.8, 4) is 0 Å². The molecule has 0 unspecified atom stereocenters. The number of carbonyl (C=O) groups is 1. The number of anilines is 1. The minimum atomic E-state index is -4.62. The minimum Gasteiger partial charge on any atom is -0.342 e. The Bertz CT molecular complexity index is 811. The van der Waals surface area contributed by atoms with Gasteiger partial charge in [0, 0.05) is 0 Å². The number of rotatable bonds is 2. The van der Waals surface area contributed by atoms with Crippen molar-refractivity contribution in [3.63, 3.8) is 0 Å². The summed E-state index contributed by atoms with van der Waals surface area (Å²) >= 11 is 0. The van der Waals surface area contributed by atoms with Gasteiger partial charge in [0.25, 0.3) is 5.91 Å². The first-order valence-electron chi connectivity index (χ1n) is 9.20. The number of hydrogen-bond acceptors (Lipinski definition) is 6. The quantitative estimate of drug-likeness (QED) is 0.797. The Hall–Kier alpha value is -1.72. The maximum absolute atomic E-state index is 13.3. The van der Waals surface area contributed by atoms with Crippen LogP contribution in [0.3, 0.4) is 0 Å². The van der Waals surface area contributed by atoms with Crippen LogP contribution >= 0.6 is 0 Å². The number of amides is 1. The lowest BCUT2D eigenvalue weighted by Crippen LogP contribution is -2.58. The number of carbonyl (C=O) groups excluding carboxylic acids is 1. The lowest BCUT2D eigenvalue weighted by molar-refractivity contribution is -0.229. The molecule has 29 heavy (non-hydrogen) atoms. The van der Waals surface area contributed by atoms with Crippen LogP contribution in [0.5, 0.6) is 0 Å². The van der Waals surface area contributed by atoms with E-state index in [1.165, 1.54) is 18.2 Å². The molecule has 10 heteroatoms. The third-order valence-electron chi connectivity index (χ3n) is 4.90. The zero-order valence-corrected chi connectivity index (χ0v) is 16.3. The Kier molecular flexibility index (Phi) is 4.71. The number of fused-ring (bicyclic) bond motifs is 3. The molecule has 3 aliphatic heterocycles. The maximum atomic E-state index is 13.3. The van der Waals surface area contributed by atoms with Gasteiger partial charge in [-0.3, -0.25) is 4.79 Å². The highest BCUT2D eigenvalue weighted by atomic mass is 19.4. The van der Waals surface area contributed by atoms with Crippen LogP contribution in [0.4, 0.5) is 18.9 Å². The van der Waals surface area contributed by atoms with Gasteiger partial charge in [0.2, 0.25) is 0 Å². The lowest BCUT2D eigenvalue weighted by Gasteiger charge is -2.36. The number of alkyl halides is 3. The van der Waals surface area contributed by atoms with Gasteiger partial charge < -0.3 is 29.0 Å². The summed E-state index contributed by atoms with van der Waals surface area (Å²) in [5.41, 5.74) is -1.32. The second-order valence-electron chi connectivity index (χ2n) is 8.12. The van der Waals surface area contributed by atoms with Gasteiger partial charge in [-0.05, 0) is 39.8 Å². The molecule has 3 saturated heterocycles. The Morgan fingerprint density at radius 2 is 1.52 bits per heavy atom. The standard InChI is InChI=1S/C19H22F3NO6/c1-17(2)26-11-12(27-17)14-16(29-18(3,4)28-14)25-13(11)15(24)23-10-8-6-5-7-9(10)19(20,21)22/h5-8,11-14,16H,1-4H3,(H,23,24)/t11-,12+,13+,14-,16-/m1/s1. The molecule has 4 rings (SSSR count). The molecule has 3 fully saturated rings. The molecule has 1 amide bonds. The summed E-state index contributed by atoms with van der Waals surface area (Å²) < 4.78 is 68.8. The summed E-state index contributed by atoms with van der Waals surface area (Å²) in [5, 5.41) is 2.31. The first-order chi connectivity index (χ1) is 13.4. The molecule has 0 radical (unpaired) electrons. The summed E-state index contributed by atoms with van der Waals surface area (Å²) in [6.45, 7) is 6.74. The highest BCUT2D eigenvalue weighted by Gasteiger charge is 2.62. The first kappa shape index (κ1) is 20.5. The van der Waals surface area contributed by atoms with Crippen molar-refractivity contribution in [3.05, 3.63) is 29.8 Å². The van der Waals surface area contributed by atoms with Crippen molar-refractivity contribution in [1.82, 2.24) is 0 Å². The molecule has 3 heterocycles. The van der Waals surface area contributed by atoms with Crippen LogP contribution in [-0.2, 0) is 34.7 Å². The highest BCUT2D eigenvalue weighted by molar-refractivity contribution is 5.95. The Morgan fingerprint density at radius 1 is 0.931 bits per heavy atom. The average molecular weight is 417 g/mol. The second kappa shape index (κ2) is 6.64. The Balaban J connectivity index is 1.60. The molecule has 5 atom stereocenters. The van der Waals surface area contributed by atoms with E-state index in [-0.39, 0.29) is 5.69 Å². The van der Waals surface area contributed by atoms with Crippen molar-refractivity contribution < 1.29 is 41.7 Å². The zero-order valence-electron chi connectivity index (χ0n) is 16.3.